The van der Waals surface area contributed by atoms with E-state index in [-0.39, 0.29) is 12.5 Å². The fraction of sp³-hybridized carbons (Fsp3) is 0.667. The van der Waals surface area contributed by atoms with E-state index in [1.165, 1.54) is 24.2 Å². The van der Waals surface area contributed by atoms with Crippen LogP contribution in [-0.4, -0.2) is 28.5 Å². The Labute approximate surface area is 128 Å². The molecule has 2 rings (SSSR count). The summed E-state index contributed by atoms with van der Waals surface area (Å²) in [5, 5.41) is 12.8. The molecule has 0 aliphatic heterocycles. The Balaban J connectivity index is 2.04. The average Bonchev–Trinajstić information content (AvgIpc) is 3.04. The van der Waals surface area contributed by atoms with Gasteiger partial charge < -0.3 is 10.4 Å². The highest BCUT2D eigenvalue weighted by Gasteiger charge is 2.29. The minimum absolute atomic E-state index is 0.108. The van der Waals surface area contributed by atoms with Crippen molar-refractivity contribution in [2.24, 2.45) is 5.41 Å². The summed E-state index contributed by atoms with van der Waals surface area (Å²) in [6.07, 6.45) is 4.77. The topological polar surface area (TPSA) is 79.3 Å². The lowest BCUT2D eigenvalue weighted by Crippen LogP contribution is -2.38. The maximum absolute atomic E-state index is 12.2. The zero-order chi connectivity index (χ0) is 15.6. The number of carboxylic acid groups (broad SMARTS) is 1. The van der Waals surface area contributed by atoms with Crippen LogP contribution in [0.5, 0.6) is 0 Å². The Morgan fingerprint density at radius 3 is 2.57 bits per heavy atom. The van der Waals surface area contributed by atoms with Gasteiger partial charge in [-0.3, -0.25) is 9.59 Å². The lowest BCUT2D eigenvalue weighted by molar-refractivity contribution is -0.146. The summed E-state index contributed by atoms with van der Waals surface area (Å²) in [6.45, 7) is 5.14. The quantitative estimate of drug-likeness (QED) is 0.876. The molecule has 21 heavy (non-hydrogen) atoms. The molecular weight excluding hydrogens is 288 g/mol. The third kappa shape index (κ3) is 3.61. The molecule has 0 unspecified atom stereocenters. The molecule has 116 valence electrons. The zero-order valence-electron chi connectivity index (χ0n) is 12.7. The second-order valence-electron chi connectivity index (χ2n) is 6.32. The second kappa shape index (κ2) is 6.13. The Morgan fingerprint density at radius 1 is 1.38 bits per heavy atom. The molecule has 1 fully saturated rings. The van der Waals surface area contributed by atoms with Gasteiger partial charge in [0.1, 0.15) is 4.88 Å². The Morgan fingerprint density at radius 2 is 2.00 bits per heavy atom. The van der Waals surface area contributed by atoms with E-state index in [2.05, 4.69) is 10.3 Å². The van der Waals surface area contributed by atoms with Crippen LogP contribution in [0.2, 0.25) is 0 Å². The smallest absolute Gasteiger partial charge is 0.310 e. The van der Waals surface area contributed by atoms with Crippen LogP contribution in [0.25, 0.3) is 0 Å². The molecule has 1 aliphatic rings. The Bertz CT molecular complexity index is 545. The normalized spacial score (nSPS) is 16.1. The molecule has 1 aliphatic carbocycles. The number of aliphatic carboxylic acids is 1. The molecule has 0 aromatic carbocycles. The third-order valence-corrected chi connectivity index (χ3v) is 5.31. The van der Waals surface area contributed by atoms with Gasteiger partial charge in [-0.1, -0.05) is 12.8 Å². The lowest BCUT2D eigenvalue weighted by Gasteiger charge is -2.19. The molecule has 5 nitrogen and oxygen atoms in total. The Kier molecular flexibility index (Phi) is 4.66. The fourth-order valence-corrected chi connectivity index (χ4v) is 3.58. The van der Waals surface area contributed by atoms with Gasteiger partial charge in [0.25, 0.3) is 5.91 Å². The van der Waals surface area contributed by atoms with Gasteiger partial charge in [0.2, 0.25) is 0 Å². The van der Waals surface area contributed by atoms with Gasteiger partial charge in [-0.25, -0.2) is 4.98 Å². The maximum atomic E-state index is 12.2. The minimum Gasteiger partial charge on any atom is -0.481 e. The van der Waals surface area contributed by atoms with Gasteiger partial charge in [-0.2, -0.15) is 0 Å². The van der Waals surface area contributed by atoms with E-state index in [1.54, 1.807) is 13.8 Å². The van der Waals surface area contributed by atoms with E-state index in [4.69, 9.17) is 5.11 Å². The summed E-state index contributed by atoms with van der Waals surface area (Å²) < 4.78 is 0. The number of nitrogens with one attached hydrogen (secondary N) is 1. The summed E-state index contributed by atoms with van der Waals surface area (Å²) >= 11 is 1.45. The van der Waals surface area contributed by atoms with Crippen LogP contribution < -0.4 is 5.32 Å². The van der Waals surface area contributed by atoms with Gasteiger partial charge in [-0.05, 0) is 33.6 Å². The first-order chi connectivity index (χ1) is 9.81. The molecule has 0 spiro atoms. The van der Waals surface area contributed by atoms with Crippen LogP contribution in [0.3, 0.4) is 0 Å². The van der Waals surface area contributed by atoms with Crippen molar-refractivity contribution < 1.29 is 14.7 Å². The number of nitrogens with zero attached hydrogens (tertiary/aromatic N) is 1. The predicted molar refractivity (Wildman–Crippen MR) is 81.8 cm³/mol. The number of aryl methyl sites for hydroxylation is 1. The molecule has 1 amide bonds. The van der Waals surface area contributed by atoms with Crippen LogP contribution in [0.1, 0.15) is 65.8 Å². The predicted octanol–water partition coefficient (Wildman–Crippen LogP) is 2.95. The van der Waals surface area contributed by atoms with Crippen LogP contribution in [0.15, 0.2) is 0 Å². The van der Waals surface area contributed by atoms with E-state index < -0.39 is 11.4 Å². The highest BCUT2D eigenvalue weighted by molar-refractivity contribution is 7.13. The number of hydrogen-bond donors (Lipinski definition) is 2. The van der Waals surface area contributed by atoms with Crippen molar-refractivity contribution in [1.82, 2.24) is 10.3 Å². The number of rotatable bonds is 5. The van der Waals surface area contributed by atoms with Crippen molar-refractivity contribution in [3.63, 3.8) is 0 Å². The van der Waals surface area contributed by atoms with E-state index in [9.17, 15) is 9.59 Å². The van der Waals surface area contributed by atoms with Crippen LogP contribution in [-0.2, 0) is 4.79 Å². The molecule has 0 saturated heterocycles. The van der Waals surface area contributed by atoms with Crippen LogP contribution in [0, 0.1) is 12.3 Å². The molecule has 1 aromatic heterocycles. The fourth-order valence-electron chi connectivity index (χ4n) is 2.43. The van der Waals surface area contributed by atoms with Crippen molar-refractivity contribution >= 4 is 23.2 Å². The molecule has 1 heterocycles. The molecular formula is C15H22N2O3S. The minimum atomic E-state index is -0.970. The number of aromatic nitrogens is 1. The van der Waals surface area contributed by atoms with Crippen LogP contribution in [0.4, 0.5) is 0 Å². The van der Waals surface area contributed by atoms with Gasteiger partial charge in [0, 0.05) is 12.5 Å². The van der Waals surface area contributed by atoms with Crippen LogP contribution >= 0.6 is 11.3 Å². The molecule has 2 N–H and O–H groups in total. The first kappa shape index (κ1) is 15.9. The summed E-state index contributed by atoms with van der Waals surface area (Å²) in [7, 11) is 0. The highest BCUT2D eigenvalue weighted by atomic mass is 32.1. The monoisotopic (exact) mass is 310 g/mol. The molecule has 1 saturated carbocycles. The lowest BCUT2D eigenvalue weighted by atomic mass is 9.94. The van der Waals surface area contributed by atoms with Crippen molar-refractivity contribution in [1.29, 1.82) is 0 Å². The molecule has 0 atom stereocenters. The van der Waals surface area contributed by atoms with Crippen molar-refractivity contribution in [3.05, 3.63) is 15.6 Å². The molecule has 0 bridgehead atoms. The third-order valence-electron chi connectivity index (χ3n) is 3.99. The molecule has 0 radical (unpaired) electrons. The SMILES string of the molecule is Cc1nc(C2CCCC2)sc1C(=O)NCC(C)(C)C(=O)O. The van der Waals surface area contributed by atoms with Crippen molar-refractivity contribution in [3.8, 4) is 0 Å². The van der Waals surface area contributed by atoms with E-state index in [0.29, 0.717) is 10.8 Å². The number of carboxylic acids is 1. The van der Waals surface area contributed by atoms with Gasteiger partial charge in [-0.15, -0.1) is 11.3 Å². The summed E-state index contributed by atoms with van der Waals surface area (Å²) in [4.78, 5) is 28.4. The number of thiazole rings is 1. The Hall–Kier alpha value is -1.43. The zero-order valence-corrected chi connectivity index (χ0v) is 13.5. The van der Waals surface area contributed by atoms with Gasteiger partial charge in [0.15, 0.2) is 0 Å². The summed E-state index contributed by atoms with van der Waals surface area (Å²) in [6, 6.07) is 0. The largest absolute Gasteiger partial charge is 0.481 e. The van der Waals surface area contributed by atoms with E-state index in [0.717, 1.165) is 23.5 Å². The highest BCUT2D eigenvalue weighted by Crippen LogP contribution is 2.37. The second-order valence-corrected chi connectivity index (χ2v) is 7.35. The van der Waals surface area contributed by atoms with E-state index in [1.807, 2.05) is 6.92 Å². The maximum Gasteiger partial charge on any atom is 0.310 e. The first-order valence-corrected chi connectivity index (χ1v) is 8.12. The average molecular weight is 310 g/mol. The standard InChI is InChI=1S/C15H22N2O3S/c1-9-11(12(18)16-8-15(2,3)14(19)20)21-13(17-9)10-6-4-5-7-10/h10H,4-8H2,1-3H3,(H,16,18)(H,19,20). The van der Waals surface area contributed by atoms with Crippen molar-refractivity contribution in [2.75, 3.05) is 6.54 Å². The number of amides is 1. The van der Waals surface area contributed by atoms with Gasteiger partial charge in [0.05, 0.1) is 16.1 Å². The molecule has 6 heteroatoms. The first-order valence-electron chi connectivity index (χ1n) is 7.30. The number of carbonyl (C=O) groups is 2. The summed E-state index contributed by atoms with van der Waals surface area (Å²) in [5.41, 5.74) is -0.227. The van der Waals surface area contributed by atoms with E-state index >= 15 is 0 Å². The van der Waals surface area contributed by atoms with Gasteiger partial charge >= 0.3 is 5.97 Å². The number of hydrogen-bond acceptors (Lipinski definition) is 4. The molecule has 1 aromatic rings. The van der Waals surface area contributed by atoms with Crippen molar-refractivity contribution in [2.45, 2.75) is 52.4 Å². The summed E-state index contributed by atoms with van der Waals surface area (Å²) in [5.74, 6) is -0.648. The number of carbonyl (C=O) groups excluding carboxylic acids is 1.